The largest absolute Gasteiger partial charge is 0.433 e. The molecule has 4 nitrogen and oxygen atoms in total. The molecule has 0 radical (unpaired) electrons. The van der Waals surface area contributed by atoms with E-state index in [1.54, 1.807) is 12.1 Å². The number of rotatable bonds is 2. The average molecular weight is 228 g/mol. The highest BCUT2D eigenvalue weighted by molar-refractivity contribution is 5.08. The van der Waals surface area contributed by atoms with Crippen LogP contribution in [0.25, 0.3) is 0 Å². The van der Waals surface area contributed by atoms with E-state index in [0.29, 0.717) is 5.69 Å². The highest BCUT2D eigenvalue weighted by atomic mass is 19.4. The maximum atomic E-state index is 12.5. The quantitative estimate of drug-likeness (QED) is 0.786. The summed E-state index contributed by atoms with van der Waals surface area (Å²) < 4.78 is 38.3. The molecule has 0 spiro atoms. The Hall–Kier alpha value is -1.92. The van der Waals surface area contributed by atoms with E-state index >= 15 is 0 Å². The van der Waals surface area contributed by atoms with Crippen LogP contribution in [-0.4, -0.2) is 20.0 Å². The third-order valence-electron chi connectivity index (χ3n) is 1.95. The lowest BCUT2D eigenvalue weighted by molar-refractivity contribution is -0.144. The number of hydrogen-bond acceptors (Lipinski definition) is 3. The molecule has 2 rings (SSSR count). The van der Waals surface area contributed by atoms with Gasteiger partial charge in [-0.2, -0.15) is 28.5 Å². The van der Waals surface area contributed by atoms with Crippen molar-refractivity contribution in [2.45, 2.75) is 12.7 Å². The van der Waals surface area contributed by atoms with E-state index in [1.807, 2.05) is 0 Å². The Balaban J connectivity index is 2.26. The normalized spacial score (nSPS) is 11.7. The van der Waals surface area contributed by atoms with Crippen LogP contribution in [0.4, 0.5) is 13.2 Å². The van der Waals surface area contributed by atoms with Crippen molar-refractivity contribution in [2.75, 3.05) is 0 Å². The third-order valence-corrected chi connectivity index (χ3v) is 1.95. The molecule has 0 aliphatic heterocycles. The zero-order valence-electron chi connectivity index (χ0n) is 8.02. The van der Waals surface area contributed by atoms with E-state index in [-0.39, 0.29) is 6.54 Å². The van der Waals surface area contributed by atoms with Crippen LogP contribution in [0.2, 0.25) is 0 Å². The van der Waals surface area contributed by atoms with Crippen LogP contribution >= 0.6 is 0 Å². The van der Waals surface area contributed by atoms with Gasteiger partial charge < -0.3 is 0 Å². The predicted molar refractivity (Wildman–Crippen MR) is 48.4 cm³/mol. The number of halogens is 3. The predicted octanol–water partition coefficient (Wildman–Crippen LogP) is 1.74. The summed E-state index contributed by atoms with van der Waals surface area (Å²) in [4.78, 5) is 0. The van der Waals surface area contributed by atoms with Gasteiger partial charge in [0.15, 0.2) is 0 Å². The van der Waals surface area contributed by atoms with Gasteiger partial charge in [0, 0.05) is 12.4 Å². The number of nitrogens with zero attached hydrogens (tertiary/aromatic N) is 4. The van der Waals surface area contributed by atoms with Gasteiger partial charge in [0.1, 0.15) is 5.69 Å². The van der Waals surface area contributed by atoms with Crippen molar-refractivity contribution in [1.29, 1.82) is 0 Å². The van der Waals surface area contributed by atoms with Gasteiger partial charge >= 0.3 is 6.18 Å². The zero-order valence-corrected chi connectivity index (χ0v) is 8.02. The van der Waals surface area contributed by atoms with Gasteiger partial charge in [-0.15, -0.1) is 0 Å². The number of aromatic nitrogens is 4. The molecule has 0 atom stereocenters. The molecule has 0 N–H and O–H groups in total. The average Bonchev–Trinajstić information content (AvgIpc) is 2.67. The van der Waals surface area contributed by atoms with Crippen LogP contribution in [0.1, 0.15) is 11.4 Å². The fourth-order valence-corrected chi connectivity index (χ4v) is 1.27. The van der Waals surface area contributed by atoms with Gasteiger partial charge in [0.25, 0.3) is 0 Å². The molecule has 0 aliphatic rings. The Bertz CT molecular complexity index is 463. The van der Waals surface area contributed by atoms with E-state index in [2.05, 4.69) is 15.3 Å². The molecular weight excluding hydrogens is 221 g/mol. The van der Waals surface area contributed by atoms with Gasteiger partial charge in [-0.25, -0.2) is 0 Å². The van der Waals surface area contributed by atoms with Gasteiger partial charge in [0.05, 0.1) is 12.2 Å². The van der Waals surface area contributed by atoms with Crippen LogP contribution in [0.5, 0.6) is 0 Å². The molecule has 0 saturated heterocycles. The highest BCUT2D eigenvalue weighted by Gasteiger charge is 2.34. The van der Waals surface area contributed by atoms with E-state index in [9.17, 15) is 13.2 Å². The van der Waals surface area contributed by atoms with E-state index in [4.69, 9.17) is 0 Å². The molecule has 0 aromatic carbocycles. The van der Waals surface area contributed by atoms with Crippen LogP contribution in [-0.2, 0) is 12.7 Å². The molecule has 0 fully saturated rings. The summed E-state index contributed by atoms with van der Waals surface area (Å²) in [6.07, 6.45) is -1.84. The van der Waals surface area contributed by atoms with Crippen molar-refractivity contribution in [3.8, 4) is 0 Å². The monoisotopic (exact) mass is 228 g/mol. The Labute approximate surface area is 88.7 Å². The standard InChI is InChI=1S/C9H7F3N4/c10-9(11,12)8-3-5-14-16(8)6-7-2-1-4-13-15-7/h1-5H,6H2. The Morgan fingerprint density at radius 2 is 2.00 bits per heavy atom. The van der Waals surface area contributed by atoms with Crippen molar-refractivity contribution >= 4 is 0 Å². The van der Waals surface area contributed by atoms with Crippen LogP contribution in [0.15, 0.2) is 30.6 Å². The maximum absolute atomic E-state index is 12.5. The van der Waals surface area contributed by atoms with Gasteiger partial charge in [-0.05, 0) is 18.2 Å². The highest BCUT2D eigenvalue weighted by Crippen LogP contribution is 2.28. The lowest BCUT2D eigenvalue weighted by Crippen LogP contribution is -2.15. The first-order chi connectivity index (χ1) is 7.57. The Morgan fingerprint density at radius 1 is 1.19 bits per heavy atom. The molecule has 0 unspecified atom stereocenters. The summed E-state index contributed by atoms with van der Waals surface area (Å²) in [5, 5.41) is 10.9. The lowest BCUT2D eigenvalue weighted by atomic mass is 10.3. The third kappa shape index (κ3) is 2.18. The molecule has 2 aromatic heterocycles. The molecule has 0 aliphatic carbocycles. The van der Waals surface area contributed by atoms with E-state index in [1.165, 1.54) is 6.20 Å². The van der Waals surface area contributed by atoms with Crippen molar-refractivity contribution in [3.05, 3.63) is 42.0 Å². The van der Waals surface area contributed by atoms with Crippen LogP contribution in [0, 0.1) is 0 Å². The van der Waals surface area contributed by atoms with Gasteiger partial charge in [-0.3, -0.25) is 4.68 Å². The molecule has 0 saturated carbocycles. The topological polar surface area (TPSA) is 43.6 Å². The lowest BCUT2D eigenvalue weighted by Gasteiger charge is -2.09. The van der Waals surface area contributed by atoms with Crippen molar-refractivity contribution < 1.29 is 13.2 Å². The first-order valence-corrected chi connectivity index (χ1v) is 4.43. The van der Waals surface area contributed by atoms with Gasteiger partial charge in [-0.1, -0.05) is 0 Å². The molecule has 16 heavy (non-hydrogen) atoms. The second-order valence-electron chi connectivity index (χ2n) is 3.09. The fourth-order valence-electron chi connectivity index (χ4n) is 1.27. The molecule has 0 bridgehead atoms. The number of hydrogen-bond donors (Lipinski definition) is 0. The van der Waals surface area contributed by atoms with Crippen molar-refractivity contribution in [2.24, 2.45) is 0 Å². The van der Waals surface area contributed by atoms with Crippen molar-refractivity contribution in [1.82, 2.24) is 20.0 Å². The minimum atomic E-state index is -4.40. The molecule has 2 heterocycles. The summed E-state index contributed by atoms with van der Waals surface area (Å²) in [5.41, 5.74) is -0.366. The second kappa shape index (κ2) is 3.92. The summed E-state index contributed by atoms with van der Waals surface area (Å²) >= 11 is 0. The summed E-state index contributed by atoms with van der Waals surface area (Å²) in [6.45, 7) is -0.0459. The fraction of sp³-hybridized carbons (Fsp3) is 0.222. The summed E-state index contributed by atoms with van der Waals surface area (Å²) in [6, 6.07) is 4.13. The van der Waals surface area contributed by atoms with E-state index in [0.717, 1.165) is 16.9 Å². The molecule has 7 heteroatoms. The SMILES string of the molecule is FC(F)(F)c1ccnn1Cc1cccnn1. The molecular formula is C9H7F3N4. The maximum Gasteiger partial charge on any atom is 0.433 e. The summed E-state index contributed by atoms with van der Waals surface area (Å²) in [5.74, 6) is 0. The Kier molecular flexibility index (Phi) is 2.59. The van der Waals surface area contributed by atoms with Crippen LogP contribution in [0.3, 0.4) is 0 Å². The first-order valence-electron chi connectivity index (χ1n) is 4.43. The van der Waals surface area contributed by atoms with Crippen molar-refractivity contribution in [3.63, 3.8) is 0 Å². The van der Waals surface area contributed by atoms with Crippen LogP contribution < -0.4 is 0 Å². The molecule has 84 valence electrons. The minimum Gasteiger partial charge on any atom is -0.254 e. The Morgan fingerprint density at radius 3 is 2.62 bits per heavy atom. The smallest absolute Gasteiger partial charge is 0.254 e. The summed E-state index contributed by atoms with van der Waals surface area (Å²) in [7, 11) is 0. The second-order valence-corrected chi connectivity index (χ2v) is 3.09. The molecule has 2 aromatic rings. The minimum absolute atomic E-state index is 0.0459. The van der Waals surface area contributed by atoms with E-state index < -0.39 is 11.9 Å². The number of alkyl halides is 3. The molecule has 0 amide bonds. The van der Waals surface area contributed by atoms with Gasteiger partial charge in [0.2, 0.25) is 0 Å². The zero-order chi connectivity index (χ0) is 11.6. The first kappa shape index (κ1) is 10.6.